The zero-order valence-corrected chi connectivity index (χ0v) is 17.2. The minimum absolute atomic E-state index is 0.0747. The zero-order valence-electron chi connectivity index (χ0n) is 14.7. The maximum atomic E-state index is 11.6. The summed E-state index contributed by atoms with van der Waals surface area (Å²) in [6.07, 6.45) is 3.94. The number of aromatic nitrogens is 1. The number of primary amides is 1. The molecule has 8 heteroatoms. The summed E-state index contributed by atoms with van der Waals surface area (Å²) in [4.78, 5) is 17.1. The van der Waals surface area contributed by atoms with Gasteiger partial charge in [-0.1, -0.05) is 34.1 Å². The third kappa shape index (κ3) is 3.93. The van der Waals surface area contributed by atoms with Crippen LogP contribution in [-0.4, -0.2) is 27.9 Å². The van der Waals surface area contributed by atoms with Crippen LogP contribution in [0, 0.1) is 0 Å². The molecule has 1 saturated carbocycles. The number of nitrogens with two attached hydrogens (primary N) is 1. The molecule has 0 unspecified atom stereocenters. The van der Waals surface area contributed by atoms with Gasteiger partial charge in [0.25, 0.3) is 5.91 Å². The monoisotopic (exact) mass is 456 g/mol. The summed E-state index contributed by atoms with van der Waals surface area (Å²) < 4.78 is 2.71. The first-order valence-corrected chi connectivity index (χ1v) is 10.4. The largest absolute Gasteiger partial charge is 0.507 e. The van der Waals surface area contributed by atoms with Crippen molar-refractivity contribution in [2.75, 3.05) is 0 Å². The van der Waals surface area contributed by atoms with Crippen LogP contribution in [0.3, 0.4) is 0 Å². The highest BCUT2D eigenvalue weighted by molar-refractivity contribution is 9.10. The Morgan fingerprint density at radius 1 is 1.29 bits per heavy atom. The van der Waals surface area contributed by atoms with Crippen molar-refractivity contribution in [2.24, 2.45) is 15.8 Å². The van der Waals surface area contributed by atoms with E-state index in [-0.39, 0.29) is 11.3 Å². The Bertz CT molecular complexity index is 1150. The molecule has 0 saturated heterocycles. The fourth-order valence-electron chi connectivity index (χ4n) is 2.65. The van der Waals surface area contributed by atoms with Gasteiger partial charge in [-0.2, -0.15) is 5.10 Å². The number of carbonyl (C=O) groups excluding carboxylic acids is 1. The van der Waals surface area contributed by atoms with Gasteiger partial charge in [0, 0.05) is 21.0 Å². The van der Waals surface area contributed by atoms with Gasteiger partial charge in [-0.25, -0.2) is 4.68 Å². The number of carbonyl (C=O) groups is 1. The SMILES string of the molecule is NC(=O)c1cc(-c2csc(=NC3CC3)n2/N=C\c2ccccc2Br)ccc1O. The summed E-state index contributed by atoms with van der Waals surface area (Å²) in [5, 5.41) is 16.5. The standard InChI is InChI=1S/C20H17BrN4O2S/c21-16-4-2-1-3-13(16)10-23-25-17(11-28-20(25)24-14-6-7-14)12-5-8-18(26)15(9-12)19(22)27/h1-5,8-11,14,26H,6-7H2,(H2,22,27)/b23-10-,24-20?. The van der Waals surface area contributed by atoms with Crippen molar-refractivity contribution in [3.05, 3.63) is 68.2 Å². The first-order chi connectivity index (χ1) is 13.5. The average molecular weight is 457 g/mol. The molecule has 2 aromatic carbocycles. The number of rotatable bonds is 5. The van der Waals surface area contributed by atoms with E-state index in [1.165, 1.54) is 17.4 Å². The molecule has 3 aromatic rings. The molecule has 0 aliphatic heterocycles. The van der Waals surface area contributed by atoms with Crippen molar-refractivity contribution >= 4 is 39.4 Å². The molecule has 1 amide bonds. The van der Waals surface area contributed by atoms with Crippen LogP contribution in [0.25, 0.3) is 11.3 Å². The summed E-state index contributed by atoms with van der Waals surface area (Å²) >= 11 is 5.02. The first-order valence-electron chi connectivity index (χ1n) is 8.69. The number of phenols is 1. The van der Waals surface area contributed by atoms with Crippen LogP contribution < -0.4 is 10.5 Å². The maximum Gasteiger partial charge on any atom is 0.252 e. The van der Waals surface area contributed by atoms with Crippen LogP contribution in [0.4, 0.5) is 0 Å². The third-order valence-corrected chi connectivity index (χ3v) is 5.85. The minimum Gasteiger partial charge on any atom is -0.507 e. The molecule has 1 heterocycles. The lowest BCUT2D eigenvalue weighted by Crippen LogP contribution is -2.14. The molecular formula is C20H17BrN4O2S. The van der Waals surface area contributed by atoms with Gasteiger partial charge in [-0.15, -0.1) is 11.3 Å². The van der Waals surface area contributed by atoms with E-state index in [0.717, 1.165) is 38.9 Å². The van der Waals surface area contributed by atoms with Crippen molar-refractivity contribution in [3.8, 4) is 17.0 Å². The second-order valence-corrected chi connectivity index (χ2v) is 8.13. The van der Waals surface area contributed by atoms with Gasteiger partial charge in [0.15, 0.2) is 0 Å². The Labute approximate surface area is 173 Å². The second kappa shape index (κ2) is 7.73. The molecule has 1 aliphatic rings. The molecule has 0 atom stereocenters. The highest BCUT2D eigenvalue weighted by atomic mass is 79.9. The predicted octanol–water partition coefficient (Wildman–Crippen LogP) is 3.73. The molecular weight excluding hydrogens is 440 g/mol. The fraction of sp³-hybridized carbons (Fsp3) is 0.150. The quantitative estimate of drug-likeness (QED) is 0.572. The number of halogens is 1. The summed E-state index contributed by atoms with van der Waals surface area (Å²) in [6.45, 7) is 0. The topological polar surface area (TPSA) is 93.0 Å². The Balaban J connectivity index is 1.83. The second-order valence-electron chi connectivity index (χ2n) is 6.44. The summed E-state index contributed by atoms with van der Waals surface area (Å²) in [7, 11) is 0. The van der Waals surface area contributed by atoms with Crippen molar-refractivity contribution in [1.82, 2.24) is 4.68 Å². The Kier molecular flexibility index (Phi) is 5.15. The molecule has 28 heavy (non-hydrogen) atoms. The molecule has 0 radical (unpaired) electrons. The maximum absolute atomic E-state index is 11.6. The molecule has 1 fully saturated rings. The van der Waals surface area contributed by atoms with Crippen LogP contribution in [0.15, 0.2) is 62.4 Å². The van der Waals surface area contributed by atoms with Crippen molar-refractivity contribution in [2.45, 2.75) is 18.9 Å². The van der Waals surface area contributed by atoms with E-state index >= 15 is 0 Å². The number of nitrogens with zero attached hydrogens (tertiary/aromatic N) is 3. The Morgan fingerprint density at radius 2 is 2.07 bits per heavy atom. The van der Waals surface area contributed by atoms with Crippen LogP contribution in [0.5, 0.6) is 5.75 Å². The first kappa shape index (κ1) is 18.6. The van der Waals surface area contributed by atoms with Gasteiger partial charge in [-0.05, 0) is 37.1 Å². The highest BCUT2D eigenvalue weighted by Crippen LogP contribution is 2.27. The van der Waals surface area contributed by atoms with Gasteiger partial charge in [0.05, 0.1) is 23.5 Å². The van der Waals surface area contributed by atoms with E-state index in [1.807, 2.05) is 29.6 Å². The summed E-state index contributed by atoms with van der Waals surface area (Å²) in [5.74, 6) is -0.821. The van der Waals surface area contributed by atoms with E-state index in [9.17, 15) is 9.90 Å². The van der Waals surface area contributed by atoms with E-state index in [2.05, 4.69) is 21.0 Å². The van der Waals surface area contributed by atoms with Crippen molar-refractivity contribution in [1.29, 1.82) is 0 Å². The van der Waals surface area contributed by atoms with Crippen LogP contribution >= 0.6 is 27.3 Å². The lowest BCUT2D eigenvalue weighted by atomic mass is 10.1. The smallest absolute Gasteiger partial charge is 0.252 e. The zero-order chi connectivity index (χ0) is 19.7. The van der Waals surface area contributed by atoms with Crippen molar-refractivity contribution < 1.29 is 9.90 Å². The lowest BCUT2D eigenvalue weighted by Gasteiger charge is -2.07. The summed E-state index contributed by atoms with van der Waals surface area (Å²) in [5.41, 5.74) is 7.89. The molecule has 1 aromatic heterocycles. The molecule has 3 N–H and O–H groups in total. The Morgan fingerprint density at radius 3 is 2.79 bits per heavy atom. The van der Waals surface area contributed by atoms with Crippen LogP contribution in [0.1, 0.15) is 28.8 Å². The minimum atomic E-state index is -0.680. The number of hydrogen-bond acceptors (Lipinski definition) is 5. The number of amides is 1. The molecule has 6 nitrogen and oxygen atoms in total. The van der Waals surface area contributed by atoms with Gasteiger partial charge >= 0.3 is 0 Å². The third-order valence-electron chi connectivity index (χ3n) is 4.30. The van der Waals surface area contributed by atoms with Gasteiger partial charge in [-0.3, -0.25) is 9.79 Å². The van der Waals surface area contributed by atoms with Crippen LogP contribution in [-0.2, 0) is 0 Å². The normalized spacial score (nSPS) is 14.7. The van der Waals surface area contributed by atoms with E-state index in [0.29, 0.717) is 6.04 Å². The average Bonchev–Trinajstić information content (AvgIpc) is 3.40. The number of thiazole rings is 1. The van der Waals surface area contributed by atoms with E-state index in [1.54, 1.807) is 23.0 Å². The van der Waals surface area contributed by atoms with Gasteiger partial charge < -0.3 is 10.8 Å². The number of hydrogen-bond donors (Lipinski definition) is 2. The van der Waals surface area contributed by atoms with Crippen molar-refractivity contribution in [3.63, 3.8) is 0 Å². The molecule has 1 aliphatic carbocycles. The lowest BCUT2D eigenvalue weighted by molar-refractivity contribution is 0.0998. The van der Waals surface area contributed by atoms with E-state index < -0.39 is 5.91 Å². The van der Waals surface area contributed by atoms with E-state index in [4.69, 9.17) is 10.7 Å². The Hall–Kier alpha value is -2.71. The molecule has 4 rings (SSSR count). The predicted molar refractivity (Wildman–Crippen MR) is 114 cm³/mol. The summed E-state index contributed by atoms with van der Waals surface area (Å²) in [6, 6.07) is 12.9. The number of aromatic hydroxyl groups is 1. The van der Waals surface area contributed by atoms with Crippen LogP contribution in [0.2, 0.25) is 0 Å². The van der Waals surface area contributed by atoms with Gasteiger partial charge in [0.2, 0.25) is 4.80 Å². The molecule has 0 spiro atoms. The molecule has 142 valence electrons. The molecule has 0 bridgehead atoms. The highest BCUT2D eigenvalue weighted by Gasteiger charge is 2.21. The van der Waals surface area contributed by atoms with Gasteiger partial charge in [0.1, 0.15) is 5.75 Å². The fourth-order valence-corrected chi connectivity index (χ4v) is 3.95. The number of benzene rings is 2.